The van der Waals surface area contributed by atoms with E-state index in [1.165, 1.54) is 0 Å². The molecule has 1 saturated heterocycles. The lowest BCUT2D eigenvalue weighted by atomic mass is 10.0. The molecule has 0 saturated carbocycles. The highest BCUT2D eigenvalue weighted by Gasteiger charge is 2.32. The Kier molecular flexibility index (Phi) is 3.31. The molecule has 2 heterocycles. The molecule has 0 bridgehead atoms. The Hall–Kier alpha value is -1.20. The van der Waals surface area contributed by atoms with Crippen molar-refractivity contribution in [3.63, 3.8) is 0 Å². The Morgan fingerprint density at radius 2 is 2.29 bits per heavy atom. The highest BCUT2D eigenvalue weighted by atomic mass is 16.5. The molecule has 5 heteroatoms. The number of aliphatic hydroxyl groups is 1. The number of hydrogen-bond acceptors (Lipinski definition) is 5. The van der Waals surface area contributed by atoms with Crippen LogP contribution in [0.2, 0.25) is 0 Å². The summed E-state index contributed by atoms with van der Waals surface area (Å²) in [6, 6.07) is 0. The van der Waals surface area contributed by atoms with Crippen LogP contribution < -0.4 is 4.90 Å². The fourth-order valence-electron chi connectivity index (χ4n) is 1.99. The summed E-state index contributed by atoms with van der Waals surface area (Å²) < 4.78 is 5.47. The second-order valence-corrected chi connectivity index (χ2v) is 4.96. The third-order valence-electron chi connectivity index (χ3n) is 3.13. The van der Waals surface area contributed by atoms with Crippen LogP contribution in [0.1, 0.15) is 25.1 Å². The summed E-state index contributed by atoms with van der Waals surface area (Å²) >= 11 is 0. The molecular formula is C12H19N3O2. The van der Waals surface area contributed by atoms with Crippen molar-refractivity contribution in [1.82, 2.24) is 9.97 Å². The highest BCUT2D eigenvalue weighted by molar-refractivity contribution is 5.37. The number of ether oxygens (including phenoxy) is 1. The average Bonchev–Trinajstić information content (AvgIpc) is 2.28. The maximum Gasteiger partial charge on any atom is 0.226 e. The van der Waals surface area contributed by atoms with Gasteiger partial charge in [0, 0.05) is 24.0 Å². The van der Waals surface area contributed by atoms with Crippen LogP contribution >= 0.6 is 0 Å². The van der Waals surface area contributed by atoms with Crippen LogP contribution in [0.25, 0.3) is 0 Å². The predicted molar refractivity (Wildman–Crippen MR) is 64.9 cm³/mol. The van der Waals surface area contributed by atoms with Crippen molar-refractivity contribution in [1.29, 1.82) is 0 Å². The third kappa shape index (κ3) is 2.40. The lowest BCUT2D eigenvalue weighted by Gasteiger charge is -2.42. The molecule has 0 unspecified atom stereocenters. The minimum Gasteiger partial charge on any atom is -0.392 e. The summed E-state index contributed by atoms with van der Waals surface area (Å²) in [6.45, 7) is 8.29. The molecule has 1 aliphatic heterocycles. The Morgan fingerprint density at radius 3 is 2.88 bits per heavy atom. The molecule has 17 heavy (non-hydrogen) atoms. The molecule has 1 aromatic rings. The molecule has 0 atom stereocenters. The summed E-state index contributed by atoms with van der Waals surface area (Å²) in [7, 11) is 0. The first-order chi connectivity index (χ1) is 8.04. The minimum absolute atomic E-state index is 0.0153. The second kappa shape index (κ2) is 4.58. The summed E-state index contributed by atoms with van der Waals surface area (Å²) in [4.78, 5) is 10.9. The van der Waals surface area contributed by atoms with Crippen molar-refractivity contribution in [2.24, 2.45) is 0 Å². The van der Waals surface area contributed by atoms with E-state index < -0.39 is 0 Å². The Morgan fingerprint density at radius 1 is 1.53 bits per heavy atom. The number of aromatic nitrogens is 2. The smallest absolute Gasteiger partial charge is 0.226 e. The number of aliphatic hydroxyl groups excluding tert-OH is 1. The van der Waals surface area contributed by atoms with Crippen molar-refractivity contribution in [3.8, 4) is 0 Å². The first-order valence-corrected chi connectivity index (χ1v) is 5.83. The summed E-state index contributed by atoms with van der Waals surface area (Å²) in [5, 5.41) is 9.11. The standard InChI is InChI=1S/C12H19N3O2/c1-9-10(7-16)6-13-11(14-9)15-4-5-17-8-12(15,2)3/h6,16H,4-5,7-8H2,1-3H3. The number of morpholine rings is 1. The number of hydrogen-bond donors (Lipinski definition) is 1. The molecule has 1 N–H and O–H groups in total. The number of nitrogens with zero attached hydrogens (tertiary/aromatic N) is 3. The van der Waals surface area contributed by atoms with Crippen LogP contribution in [0.4, 0.5) is 5.95 Å². The fraction of sp³-hybridized carbons (Fsp3) is 0.667. The molecule has 0 amide bonds. The third-order valence-corrected chi connectivity index (χ3v) is 3.13. The highest BCUT2D eigenvalue weighted by Crippen LogP contribution is 2.24. The molecule has 2 rings (SSSR count). The van der Waals surface area contributed by atoms with Gasteiger partial charge in [0.25, 0.3) is 0 Å². The van der Waals surface area contributed by atoms with Gasteiger partial charge < -0.3 is 14.7 Å². The number of rotatable bonds is 2. The van der Waals surface area contributed by atoms with E-state index in [4.69, 9.17) is 9.84 Å². The van der Waals surface area contributed by atoms with Gasteiger partial charge in [-0.2, -0.15) is 0 Å². The van der Waals surface area contributed by atoms with Gasteiger partial charge in [-0.15, -0.1) is 0 Å². The summed E-state index contributed by atoms with van der Waals surface area (Å²) in [5.74, 6) is 0.716. The van der Waals surface area contributed by atoms with E-state index in [2.05, 4.69) is 28.7 Å². The summed E-state index contributed by atoms with van der Waals surface area (Å²) in [5.41, 5.74) is 1.52. The first kappa shape index (κ1) is 12.3. The fourth-order valence-corrected chi connectivity index (χ4v) is 1.99. The van der Waals surface area contributed by atoms with E-state index in [-0.39, 0.29) is 12.1 Å². The van der Waals surface area contributed by atoms with Crippen molar-refractivity contribution in [2.45, 2.75) is 32.9 Å². The Balaban J connectivity index is 2.30. The minimum atomic E-state index is -0.0918. The zero-order valence-corrected chi connectivity index (χ0v) is 10.6. The van der Waals surface area contributed by atoms with Crippen LogP contribution in [-0.4, -0.2) is 40.4 Å². The number of anilines is 1. The van der Waals surface area contributed by atoms with E-state index in [1.807, 2.05) is 6.92 Å². The maximum atomic E-state index is 9.11. The number of aryl methyl sites for hydroxylation is 1. The Labute approximate surface area is 101 Å². The molecule has 94 valence electrons. The van der Waals surface area contributed by atoms with Crippen LogP contribution in [0.3, 0.4) is 0 Å². The van der Waals surface area contributed by atoms with Gasteiger partial charge in [-0.3, -0.25) is 0 Å². The van der Waals surface area contributed by atoms with E-state index in [1.54, 1.807) is 6.20 Å². The average molecular weight is 237 g/mol. The van der Waals surface area contributed by atoms with Gasteiger partial charge in [0.2, 0.25) is 5.95 Å². The van der Waals surface area contributed by atoms with E-state index in [0.717, 1.165) is 17.8 Å². The van der Waals surface area contributed by atoms with Gasteiger partial charge in [0.15, 0.2) is 0 Å². The van der Waals surface area contributed by atoms with Crippen molar-refractivity contribution >= 4 is 5.95 Å². The molecule has 5 nitrogen and oxygen atoms in total. The normalized spacial score (nSPS) is 19.4. The molecule has 1 aromatic heterocycles. The SMILES string of the molecule is Cc1nc(N2CCOCC2(C)C)ncc1CO. The predicted octanol–water partition coefficient (Wildman–Crippen LogP) is 0.893. The first-order valence-electron chi connectivity index (χ1n) is 5.83. The van der Waals surface area contributed by atoms with Gasteiger partial charge in [-0.05, 0) is 20.8 Å². The topological polar surface area (TPSA) is 58.5 Å². The maximum absolute atomic E-state index is 9.11. The van der Waals surface area contributed by atoms with Gasteiger partial charge in [-0.25, -0.2) is 9.97 Å². The van der Waals surface area contributed by atoms with Crippen molar-refractivity contribution in [2.75, 3.05) is 24.7 Å². The van der Waals surface area contributed by atoms with E-state index in [0.29, 0.717) is 19.2 Å². The zero-order valence-electron chi connectivity index (χ0n) is 10.6. The molecule has 0 spiro atoms. The molecular weight excluding hydrogens is 218 g/mol. The quantitative estimate of drug-likeness (QED) is 0.828. The summed E-state index contributed by atoms with van der Waals surface area (Å²) in [6.07, 6.45) is 1.70. The molecule has 0 aliphatic carbocycles. The van der Waals surface area contributed by atoms with Crippen LogP contribution in [0.5, 0.6) is 0 Å². The zero-order chi connectivity index (χ0) is 12.5. The van der Waals surface area contributed by atoms with Gasteiger partial charge in [0.1, 0.15) is 0 Å². The van der Waals surface area contributed by atoms with Gasteiger partial charge in [0.05, 0.1) is 25.4 Å². The van der Waals surface area contributed by atoms with Crippen molar-refractivity contribution < 1.29 is 9.84 Å². The molecule has 0 aromatic carbocycles. The van der Waals surface area contributed by atoms with E-state index in [9.17, 15) is 0 Å². The molecule has 1 aliphatic rings. The Bertz CT molecular complexity index is 407. The lowest BCUT2D eigenvalue weighted by Crippen LogP contribution is -2.53. The molecule has 1 fully saturated rings. The largest absolute Gasteiger partial charge is 0.392 e. The van der Waals surface area contributed by atoms with Gasteiger partial charge in [-0.1, -0.05) is 0 Å². The van der Waals surface area contributed by atoms with Crippen molar-refractivity contribution in [3.05, 3.63) is 17.5 Å². The lowest BCUT2D eigenvalue weighted by molar-refractivity contribution is 0.0633. The van der Waals surface area contributed by atoms with Crippen LogP contribution in [0, 0.1) is 6.92 Å². The monoisotopic (exact) mass is 237 g/mol. The molecule has 0 radical (unpaired) electrons. The van der Waals surface area contributed by atoms with Crippen LogP contribution in [-0.2, 0) is 11.3 Å². The van der Waals surface area contributed by atoms with E-state index >= 15 is 0 Å². The van der Waals surface area contributed by atoms with Gasteiger partial charge >= 0.3 is 0 Å². The second-order valence-electron chi connectivity index (χ2n) is 4.96. The van der Waals surface area contributed by atoms with Crippen LogP contribution in [0.15, 0.2) is 6.20 Å².